The van der Waals surface area contributed by atoms with Crippen molar-refractivity contribution in [3.8, 4) is 5.75 Å². The molecule has 2 N–H and O–H groups in total. The number of halogens is 1. The number of nitrogens with one attached hydrogen (secondary N) is 1. The van der Waals surface area contributed by atoms with Gasteiger partial charge < -0.3 is 15.2 Å². The summed E-state index contributed by atoms with van der Waals surface area (Å²) in [5, 5.41) is 12.9. The van der Waals surface area contributed by atoms with E-state index in [1.807, 2.05) is 23.9 Å². The predicted octanol–water partition coefficient (Wildman–Crippen LogP) is 2.48. The number of thioether (sulfide) groups is 1. The number of hydrogen-bond donors (Lipinski definition) is 2. The van der Waals surface area contributed by atoms with Gasteiger partial charge in [0.15, 0.2) is 0 Å². The summed E-state index contributed by atoms with van der Waals surface area (Å²) in [6.07, 6.45) is 1.83. The molecule has 5 heteroatoms. The van der Waals surface area contributed by atoms with Crippen LogP contribution in [0.3, 0.4) is 0 Å². The van der Waals surface area contributed by atoms with E-state index >= 15 is 0 Å². The predicted molar refractivity (Wildman–Crippen MR) is 81.4 cm³/mol. The summed E-state index contributed by atoms with van der Waals surface area (Å²) in [4.78, 5) is 0. The molecule has 3 nitrogen and oxygen atoms in total. The SMILES string of the molecule is OCCCSCCNCc1cc(Cl)cc2c1OCC2. The van der Waals surface area contributed by atoms with Gasteiger partial charge in [-0.05, 0) is 29.9 Å². The van der Waals surface area contributed by atoms with Crippen molar-refractivity contribution in [1.29, 1.82) is 0 Å². The molecule has 0 radical (unpaired) electrons. The highest BCUT2D eigenvalue weighted by Gasteiger charge is 2.16. The fourth-order valence-electron chi connectivity index (χ4n) is 2.11. The highest BCUT2D eigenvalue weighted by Crippen LogP contribution is 2.32. The lowest BCUT2D eigenvalue weighted by molar-refractivity contribution is 0.296. The number of benzene rings is 1. The van der Waals surface area contributed by atoms with E-state index in [0.29, 0.717) is 0 Å². The first kappa shape index (κ1) is 15.0. The van der Waals surface area contributed by atoms with Gasteiger partial charge in [-0.15, -0.1) is 0 Å². The minimum atomic E-state index is 0.284. The number of ether oxygens (including phenoxy) is 1. The Hall–Kier alpha value is -0.420. The first-order valence-corrected chi connectivity index (χ1v) is 8.18. The van der Waals surface area contributed by atoms with E-state index in [9.17, 15) is 0 Å². The molecule has 0 bridgehead atoms. The summed E-state index contributed by atoms with van der Waals surface area (Å²) < 4.78 is 5.66. The summed E-state index contributed by atoms with van der Waals surface area (Å²) in [6, 6.07) is 3.98. The van der Waals surface area contributed by atoms with Crippen molar-refractivity contribution in [2.45, 2.75) is 19.4 Å². The summed E-state index contributed by atoms with van der Waals surface area (Å²) in [6.45, 7) is 2.80. The molecule has 0 aromatic heterocycles. The van der Waals surface area contributed by atoms with Crippen LogP contribution >= 0.6 is 23.4 Å². The van der Waals surface area contributed by atoms with Crippen LogP contribution in [-0.4, -0.2) is 36.4 Å². The van der Waals surface area contributed by atoms with Crippen LogP contribution in [-0.2, 0) is 13.0 Å². The van der Waals surface area contributed by atoms with Crippen LogP contribution in [0.1, 0.15) is 17.5 Å². The first-order valence-electron chi connectivity index (χ1n) is 6.64. The molecule has 0 aliphatic carbocycles. The molecule has 1 heterocycles. The quantitative estimate of drug-likeness (QED) is 0.724. The zero-order chi connectivity index (χ0) is 13.5. The average molecular weight is 302 g/mol. The normalized spacial score (nSPS) is 13.4. The molecule has 1 aliphatic heterocycles. The minimum Gasteiger partial charge on any atom is -0.493 e. The average Bonchev–Trinajstić information content (AvgIpc) is 2.85. The topological polar surface area (TPSA) is 41.5 Å². The van der Waals surface area contributed by atoms with Crippen LogP contribution in [0.25, 0.3) is 0 Å². The Morgan fingerprint density at radius 3 is 3.11 bits per heavy atom. The maximum atomic E-state index is 8.68. The Kier molecular flexibility index (Phi) is 6.31. The molecule has 1 aromatic rings. The molecule has 1 aromatic carbocycles. The lowest BCUT2D eigenvalue weighted by Crippen LogP contribution is -2.17. The fourth-order valence-corrected chi connectivity index (χ4v) is 3.20. The third-order valence-electron chi connectivity index (χ3n) is 3.01. The fraction of sp³-hybridized carbons (Fsp3) is 0.571. The molecule has 0 atom stereocenters. The Morgan fingerprint density at radius 1 is 1.37 bits per heavy atom. The molecule has 0 amide bonds. The van der Waals surface area contributed by atoms with Gasteiger partial charge in [-0.3, -0.25) is 0 Å². The number of fused-ring (bicyclic) bond motifs is 1. The van der Waals surface area contributed by atoms with Crippen LogP contribution in [0.5, 0.6) is 5.75 Å². The standard InChI is InChI=1S/C14H20ClNO2S/c15-13-8-11-2-5-18-14(11)12(9-13)10-16-3-7-19-6-1-4-17/h8-9,16-17H,1-7,10H2. The van der Waals surface area contributed by atoms with E-state index in [1.165, 1.54) is 5.56 Å². The molecule has 0 saturated carbocycles. The van der Waals surface area contributed by atoms with Crippen molar-refractivity contribution >= 4 is 23.4 Å². The second-order valence-electron chi connectivity index (χ2n) is 4.52. The highest BCUT2D eigenvalue weighted by molar-refractivity contribution is 7.99. The van der Waals surface area contributed by atoms with Gasteiger partial charge in [0.1, 0.15) is 5.75 Å². The molecule has 0 saturated heterocycles. The summed E-state index contributed by atoms with van der Waals surface area (Å²) >= 11 is 7.98. The van der Waals surface area contributed by atoms with Gasteiger partial charge in [0, 0.05) is 42.5 Å². The van der Waals surface area contributed by atoms with E-state index < -0.39 is 0 Å². The Morgan fingerprint density at radius 2 is 2.26 bits per heavy atom. The second-order valence-corrected chi connectivity index (χ2v) is 6.18. The largest absolute Gasteiger partial charge is 0.493 e. The molecule has 0 spiro atoms. The summed E-state index contributed by atoms with van der Waals surface area (Å²) in [7, 11) is 0. The lowest BCUT2D eigenvalue weighted by atomic mass is 10.1. The second kappa shape index (κ2) is 8.00. The first-order chi connectivity index (χ1) is 9.31. The molecule has 2 rings (SSSR count). The van der Waals surface area contributed by atoms with Crippen LogP contribution in [0.2, 0.25) is 5.02 Å². The third-order valence-corrected chi connectivity index (χ3v) is 4.30. The van der Waals surface area contributed by atoms with Gasteiger partial charge in [-0.1, -0.05) is 11.6 Å². The van der Waals surface area contributed by atoms with E-state index in [1.54, 1.807) is 0 Å². The Balaban J connectivity index is 1.74. The van der Waals surface area contributed by atoms with Gasteiger partial charge in [-0.25, -0.2) is 0 Å². The van der Waals surface area contributed by atoms with E-state index in [4.69, 9.17) is 21.4 Å². The molecule has 0 unspecified atom stereocenters. The summed E-state index contributed by atoms with van der Waals surface area (Å²) in [5.41, 5.74) is 2.38. The number of rotatable bonds is 8. The zero-order valence-electron chi connectivity index (χ0n) is 11.0. The van der Waals surface area contributed by atoms with Crippen LogP contribution in [0.4, 0.5) is 0 Å². The molecule has 0 fully saturated rings. The van der Waals surface area contributed by atoms with Crippen molar-refractivity contribution < 1.29 is 9.84 Å². The third kappa shape index (κ3) is 4.56. The molecule has 1 aliphatic rings. The lowest BCUT2D eigenvalue weighted by Gasteiger charge is -2.10. The van der Waals surface area contributed by atoms with Crippen LogP contribution in [0, 0.1) is 0 Å². The van der Waals surface area contributed by atoms with Crippen molar-refractivity contribution in [1.82, 2.24) is 5.32 Å². The maximum Gasteiger partial charge on any atom is 0.127 e. The van der Waals surface area contributed by atoms with Crippen LogP contribution < -0.4 is 10.1 Å². The molecule has 19 heavy (non-hydrogen) atoms. The monoisotopic (exact) mass is 301 g/mol. The van der Waals surface area contributed by atoms with Crippen molar-refractivity contribution in [3.63, 3.8) is 0 Å². The summed E-state index contributed by atoms with van der Waals surface area (Å²) in [5.74, 6) is 3.10. The Bertz CT molecular complexity index is 415. The zero-order valence-corrected chi connectivity index (χ0v) is 12.5. The van der Waals surface area contributed by atoms with Crippen LogP contribution in [0.15, 0.2) is 12.1 Å². The van der Waals surface area contributed by atoms with Gasteiger partial charge in [0.2, 0.25) is 0 Å². The van der Waals surface area contributed by atoms with Crippen molar-refractivity contribution in [3.05, 3.63) is 28.3 Å². The van der Waals surface area contributed by atoms with E-state index in [-0.39, 0.29) is 6.61 Å². The Labute approximate surface area is 123 Å². The smallest absolute Gasteiger partial charge is 0.127 e. The molecular weight excluding hydrogens is 282 g/mol. The number of aliphatic hydroxyl groups excluding tert-OH is 1. The molecule has 106 valence electrons. The van der Waals surface area contributed by atoms with Gasteiger partial charge in [0.05, 0.1) is 6.61 Å². The van der Waals surface area contributed by atoms with Gasteiger partial charge in [-0.2, -0.15) is 11.8 Å². The van der Waals surface area contributed by atoms with Crippen molar-refractivity contribution in [2.75, 3.05) is 31.3 Å². The number of hydrogen-bond acceptors (Lipinski definition) is 4. The van der Waals surface area contributed by atoms with Gasteiger partial charge in [0.25, 0.3) is 0 Å². The maximum absolute atomic E-state index is 8.68. The van der Waals surface area contributed by atoms with Gasteiger partial charge >= 0.3 is 0 Å². The van der Waals surface area contributed by atoms with E-state index in [0.717, 1.165) is 60.4 Å². The van der Waals surface area contributed by atoms with Crippen molar-refractivity contribution in [2.24, 2.45) is 0 Å². The van der Waals surface area contributed by atoms with E-state index in [2.05, 4.69) is 5.32 Å². The number of aliphatic hydroxyl groups is 1. The minimum absolute atomic E-state index is 0.284. The molecular formula is C14H20ClNO2S. The highest BCUT2D eigenvalue weighted by atomic mass is 35.5.